The van der Waals surface area contributed by atoms with Crippen molar-refractivity contribution in [3.63, 3.8) is 0 Å². The highest BCUT2D eigenvalue weighted by molar-refractivity contribution is 7.16. The van der Waals surface area contributed by atoms with Crippen LogP contribution in [0.25, 0.3) is 22.2 Å². The van der Waals surface area contributed by atoms with Crippen molar-refractivity contribution in [1.29, 1.82) is 0 Å². The number of pyridine rings is 1. The van der Waals surface area contributed by atoms with E-state index in [0.29, 0.717) is 5.92 Å². The van der Waals surface area contributed by atoms with E-state index in [4.69, 9.17) is 5.73 Å². The van der Waals surface area contributed by atoms with Gasteiger partial charge in [-0.3, -0.25) is 4.98 Å². The number of nitrogens with two attached hydrogens (primary N) is 1. The van der Waals surface area contributed by atoms with Gasteiger partial charge in [0.1, 0.15) is 10.7 Å². The molecule has 0 saturated carbocycles. The molecule has 0 aliphatic carbocycles. The number of benzene rings is 1. The molecule has 19 heavy (non-hydrogen) atoms. The predicted molar refractivity (Wildman–Crippen MR) is 81.4 cm³/mol. The molecule has 2 N–H and O–H groups in total. The van der Waals surface area contributed by atoms with Gasteiger partial charge in [0.2, 0.25) is 0 Å². The Kier molecular flexibility index (Phi) is 2.95. The fourth-order valence-electron chi connectivity index (χ4n) is 2.03. The third kappa shape index (κ3) is 2.19. The Hall–Kier alpha value is -1.94. The van der Waals surface area contributed by atoms with Gasteiger partial charge in [-0.25, -0.2) is 4.98 Å². The number of nitrogens with zero attached hydrogens (tertiary/aromatic N) is 2. The highest BCUT2D eigenvalue weighted by Crippen LogP contribution is 2.34. The molecule has 0 saturated heterocycles. The van der Waals surface area contributed by atoms with Crippen LogP contribution in [0.1, 0.15) is 24.8 Å². The molecule has 0 amide bonds. The van der Waals surface area contributed by atoms with Crippen molar-refractivity contribution in [3.8, 4) is 11.3 Å². The minimum Gasteiger partial charge on any atom is -0.389 e. The van der Waals surface area contributed by atoms with Crippen LogP contribution >= 0.6 is 11.3 Å². The van der Waals surface area contributed by atoms with Crippen LogP contribution in [-0.2, 0) is 0 Å². The molecular formula is C15H15N3S. The van der Waals surface area contributed by atoms with E-state index < -0.39 is 0 Å². The van der Waals surface area contributed by atoms with Gasteiger partial charge in [-0.15, -0.1) is 11.3 Å². The SMILES string of the molecule is CC(C)c1nc(-c2ccc3ncccc3c2)c(N)s1. The zero-order valence-corrected chi connectivity index (χ0v) is 11.7. The summed E-state index contributed by atoms with van der Waals surface area (Å²) in [4.78, 5) is 8.98. The first-order chi connectivity index (χ1) is 9.15. The summed E-state index contributed by atoms with van der Waals surface area (Å²) in [6, 6.07) is 10.1. The second-order valence-electron chi connectivity index (χ2n) is 4.83. The predicted octanol–water partition coefficient (Wildman–Crippen LogP) is 4.06. The highest BCUT2D eigenvalue weighted by Gasteiger charge is 2.13. The first-order valence-electron chi connectivity index (χ1n) is 6.26. The molecule has 3 nitrogen and oxygen atoms in total. The molecule has 0 bridgehead atoms. The van der Waals surface area contributed by atoms with Crippen LogP contribution in [0, 0.1) is 0 Å². The van der Waals surface area contributed by atoms with Crippen molar-refractivity contribution in [3.05, 3.63) is 41.5 Å². The summed E-state index contributed by atoms with van der Waals surface area (Å²) in [7, 11) is 0. The summed E-state index contributed by atoms with van der Waals surface area (Å²) in [6.07, 6.45) is 1.80. The molecule has 0 spiro atoms. The quantitative estimate of drug-likeness (QED) is 0.763. The van der Waals surface area contributed by atoms with Crippen LogP contribution in [0.2, 0.25) is 0 Å². The summed E-state index contributed by atoms with van der Waals surface area (Å²) in [6.45, 7) is 4.26. The summed E-state index contributed by atoms with van der Waals surface area (Å²) >= 11 is 1.57. The number of hydrogen-bond donors (Lipinski definition) is 1. The van der Waals surface area contributed by atoms with E-state index >= 15 is 0 Å². The highest BCUT2D eigenvalue weighted by atomic mass is 32.1. The van der Waals surface area contributed by atoms with E-state index in [1.54, 1.807) is 17.5 Å². The molecule has 2 heterocycles. The fraction of sp³-hybridized carbons (Fsp3) is 0.200. The number of rotatable bonds is 2. The van der Waals surface area contributed by atoms with Gasteiger partial charge < -0.3 is 5.73 Å². The van der Waals surface area contributed by atoms with Crippen LogP contribution in [0.5, 0.6) is 0 Å². The molecule has 0 unspecified atom stereocenters. The zero-order valence-electron chi connectivity index (χ0n) is 10.9. The molecule has 2 aromatic heterocycles. The van der Waals surface area contributed by atoms with Gasteiger partial charge in [-0.1, -0.05) is 26.0 Å². The van der Waals surface area contributed by atoms with Gasteiger partial charge >= 0.3 is 0 Å². The first-order valence-corrected chi connectivity index (χ1v) is 7.08. The topological polar surface area (TPSA) is 51.8 Å². The molecule has 0 fully saturated rings. The molecular weight excluding hydrogens is 254 g/mol. The average Bonchev–Trinajstić information content (AvgIpc) is 2.80. The standard InChI is InChI=1S/C15H15N3S/c1-9(2)15-18-13(14(16)19-15)11-5-6-12-10(8-11)4-3-7-17-12/h3-9H,16H2,1-2H3. The minimum atomic E-state index is 0.406. The summed E-state index contributed by atoms with van der Waals surface area (Å²) in [5.41, 5.74) is 9.03. The average molecular weight is 269 g/mol. The molecule has 96 valence electrons. The largest absolute Gasteiger partial charge is 0.389 e. The van der Waals surface area contributed by atoms with Crippen LogP contribution in [-0.4, -0.2) is 9.97 Å². The van der Waals surface area contributed by atoms with E-state index in [1.165, 1.54) is 0 Å². The van der Waals surface area contributed by atoms with Crippen molar-refractivity contribution in [1.82, 2.24) is 9.97 Å². The number of aromatic nitrogens is 2. The second kappa shape index (κ2) is 4.63. The van der Waals surface area contributed by atoms with Gasteiger partial charge in [-0.05, 0) is 18.2 Å². The van der Waals surface area contributed by atoms with Gasteiger partial charge in [0.05, 0.1) is 10.5 Å². The van der Waals surface area contributed by atoms with Crippen LogP contribution in [0.15, 0.2) is 36.5 Å². The molecule has 0 aliphatic heterocycles. The maximum atomic E-state index is 6.10. The smallest absolute Gasteiger partial charge is 0.114 e. The van der Waals surface area contributed by atoms with Gasteiger partial charge in [0.15, 0.2) is 0 Å². The molecule has 0 radical (unpaired) electrons. The summed E-state index contributed by atoms with van der Waals surface area (Å²) in [5, 5.41) is 2.98. The number of thiazole rings is 1. The number of hydrogen-bond acceptors (Lipinski definition) is 4. The van der Waals surface area contributed by atoms with E-state index in [0.717, 1.165) is 32.2 Å². The monoisotopic (exact) mass is 269 g/mol. The number of fused-ring (bicyclic) bond motifs is 1. The maximum Gasteiger partial charge on any atom is 0.114 e. The molecule has 3 rings (SSSR count). The van der Waals surface area contributed by atoms with Crippen LogP contribution < -0.4 is 5.73 Å². The lowest BCUT2D eigenvalue weighted by Gasteiger charge is -2.01. The van der Waals surface area contributed by atoms with Crippen LogP contribution in [0.3, 0.4) is 0 Å². The molecule has 0 aliphatic rings. The number of anilines is 1. The van der Waals surface area contributed by atoms with Gasteiger partial charge in [0, 0.05) is 23.1 Å². The Balaban J connectivity index is 2.13. The normalized spacial score (nSPS) is 11.3. The van der Waals surface area contributed by atoms with Crippen molar-refractivity contribution in [2.24, 2.45) is 0 Å². The molecule has 3 aromatic rings. The minimum absolute atomic E-state index is 0.406. The lowest BCUT2D eigenvalue weighted by molar-refractivity contribution is 0.854. The van der Waals surface area contributed by atoms with Crippen molar-refractivity contribution in [2.45, 2.75) is 19.8 Å². The third-order valence-electron chi connectivity index (χ3n) is 3.04. The number of nitrogen functional groups attached to an aromatic ring is 1. The van der Waals surface area contributed by atoms with Gasteiger partial charge in [-0.2, -0.15) is 0 Å². The van der Waals surface area contributed by atoms with Crippen molar-refractivity contribution in [2.75, 3.05) is 5.73 Å². The van der Waals surface area contributed by atoms with Crippen molar-refractivity contribution >= 4 is 27.2 Å². The fourth-order valence-corrected chi connectivity index (χ4v) is 2.88. The first kappa shape index (κ1) is 12.1. The van der Waals surface area contributed by atoms with E-state index in [2.05, 4.69) is 35.9 Å². The molecule has 1 aromatic carbocycles. The third-order valence-corrected chi connectivity index (χ3v) is 4.23. The Labute approximate surface area is 116 Å². The molecule has 0 atom stereocenters. The Morgan fingerprint density at radius 1 is 1.21 bits per heavy atom. The Morgan fingerprint density at radius 3 is 2.79 bits per heavy atom. The zero-order chi connectivity index (χ0) is 13.4. The van der Waals surface area contributed by atoms with E-state index in [9.17, 15) is 0 Å². The second-order valence-corrected chi connectivity index (χ2v) is 5.89. The van der Waals surface area contributed by atoms with Crippen molar-refractivity contribution < 1.29 is 0 Å². The maximum absolute atomic E-state index is 6.10. The van der Waals surface area contributed by atoms with E-state index in [-0.39, 0.29) is 0 Å². The summed E-state index contributed by atoms with van der Waals surface area (Å²) < 4.78 is 0. The van der Waals surface area contributed by atoms with E-state index in [1.807, 2.05) is 18.2 Å². The Morgan fingerprint density at radius 2 is 2.05 bits per heavy atom. The summed E-state index contributed by atoms with van der Waals surface area (Å²) in [5.74, 6) is 0.406. The lowest BCUT2D eigenvalue weighted by atomic mass is 10.1. The van der Waals surface area contributed by atoms with Crippen LogP contribution in [0.4, 0.5) is 5.00 Å². The molecule has 4 heteroatoms. The lowest BCUT2D eigenvalue weighted by Crippen LogP contribution is -1.88. The Bertz CT molecular complexity index is 731. The van der Waals surface area contributed by atoms with Gasteiger partial charge in [0.25, 0.3) is 0 Å².